The largest absolute Gasteiger partial charge is 0.394 e. The molecule has 0 aromatic heterocycles. The summed E-state index contributed by atoms with van der Waals surface area (Å²) in [7, 11) is 0. The van der Waals surface area contributed by atoms with Crippen molar-refractivity contribution in [3.8, 4) is 0 Å². The minimum Gasteiger partial charge on any atom is -0.394 e. The topological polar surface area (TPSA) is 195 Å². The van der Waals surface area contributed by atoms with Crippen molar-refractivity contribution in [2.75, 3.05) is 13.2 Å². The molecule has 10 atom stereocenters. The summed E-state index contributed by atoms with van der Waals surface area (Å²) in [5, 5.41) is 67.2. The molecule has 0 unspecified atom stereocenters. The second kappa shape index (κ2) is 7.63. The third-order valence-corrected chi connectivity index (χ3v) is 4.04. The lowest BCUT2D eigenvalue weighted by Crippen LogP contribution is -2.63. The Morgan fingerprint density at radius 1 is 0.783 bits per heavy atom. The Morgan fingerprint density at radius 3 is 2.00 bits per heavy atom. The number of hydrogen-bond acceptors (Lipinski definition) is 11. The van der Waals surface area contributed by atoms with Crippen LogP contribution in [0.25, 0.3) is 0 Å². The number of rotatable bonds is 4. The number of hydrogen-bond donors (Lipinski definition) is 8. The van der Waals surface area contributed by atoms with Crippen molar-refractivity contribution >= 4 is 0 Å². The molecule has 0 saturated carbocycles. The molecule has 136 valence electrons. The van der Waals surface area contributed by atoms with Crippen LogP contribution in [0.15, 0.2) is 0 Å². The van der Waals surface area contributed by atoms with Crippen LogP contribution in [0, 0.1) is 0 Å². The van der Waals surface area contributed by atoms with Gasteiger partial charge in [0.2, 0.25) is 0 Å². The summed E-state index contributed by atoms with van der Waals surface area (Å²) in [6.45, 7) is -1.02. The highest BCUT2D eigenvalue weighted by atomic mass is 16.7. The molecule has 2 aliphatic heterocycles. The quantitative estimate of drug-likeness (QED) is 0.243. The highest BCUT2D eigenvalue weighted by Gasteiger charge is 2.46. The van der Waals surface area contributed by atoms with E-state index in [4.69, 9.17) is 25.1 Å². The number of aliphatic hydroxyl groups excluding tert-OH is 7. The third-order valence-electron chi connectivity index (χ3n) is 4.04. The fourth-order valence-corrected chi connectivity index (χ4v) is 2.50. The van der Waals surface area contributed by atoms with E-state index in [1.807, 2.05) is 0 Å². The zero-order valence-corrected chi connectivity index (χ0v) is 12.1. The molecule has 11 heteroatoms. The van der Waals surface area contributed by atoms with Crippen LogP contribution in [0.4, 0.5) is 0 Å². The average Bonchev–Trinajstić information content (AvgIpc) is 2.54. The molecule has 11 nitrogen and oxygen atoms in total. The highest BCUT2D eigenvalue weighted by Crippen LogP contribution is 2.24. The monoisotopic (exact) mass is 341 g/mol. The molecule has 0 spiro atoms. The van der Waals surface area contributed by atoms with Crippen LogP contribution in [0.5, 0.6) is 0 Å². The van der Waals surface area contributed by atoms with E-state index >= 15 is 0 Å². The van der Waals surface area contributed by atoms with E-state index in [0.29, 0.717) is 0 Å². The minimum atomic E-state index is -1.61. The van der Waals surface area contributed by atoms with E-state index in [1.54, 1.807) is 0 Å². The summed E-state index contributed by atoms with van der Waals surface area (Å²) in [5.74, 6) is 0. The van der Waals surface area contributed by atoms with Crippen molar-refractivity contribution < 1.29 is 50.0 Å². The van der Waals surface area contributed by atoms with Gasteiger partial charge >= 0.3 is 0 Å². The number of aliphatic hydroxyl groups is 7. The first-order valence-corrected chi connectivity index (χ1v) is 7.15. The smallest absolute Gasteiger partial charge is 0.186 e. The second-order valence-corrected chi connectivity index (χ2v) is 5.65. The Balaban J connectivity index is 1.94. The SMILES string of the molecule is N[C@@H]1[C@@H](O)[C@H](O)[C@@H](CO[C@H]2O[C@H](CO)[C@H](O)[C@H](O)[C@H]2O)O[C@H]1O. The lowest BCUT2D eigenvalue weighted by molar-refractivity contribution is -0.317. The molecule has 2 saturated heterocycles. The summed E-state index contributed by atoms with van der Waals surface area (Å²) in [6.07, 6.45) is -12.8. The molecule has 0 bridgehead atoms. The van der Waals surface area contributed by atoms with Gasteiger partial charge in [-0.25, -0.2) is 0 Å². The summed E-state index contributed by atoms with van der Waals surface area (Å²) in [4.78, 5) is 0. The van der Waals surface area contributed by atoms with Crippen LogP contribution in [0.2, 0.25) is 0 Å². The van der Waals surface area contributed by atoms with Crippen molar-refractivity contribution in [2.24, 2.45) is 5.73 Å². The molecule has 2 aliphatic rings. The van der Waals surface area contributed by atoms with Crippen LogP contribution in [-0.4, -0.2) is 110 Å². The van der Waals surface area contributed by atoms with Gasteiger partial charge in [-0.05, 0) is 0 Å². The summed E-state index contributed by atoms with van der Waals surface area (Å²) in [6, 6.07) is -1.19. The predicted molar refractivity (Wildman–Crippen MR) is 70.6 cm³/mol. The zero-order valence-electron chi connectivity index (χ0n) is 12.1. The van der Waals surface area contributed by atoms with Crippen LogP contribution in [-0.2, 0) is 14.2 Å². The van der Waals surface area contributed by atoms with Gasteiger partial charge in [-0.1, -0.05) is 0 Å². The van der Waals surface area contributed by atoms with Gasteiger partial charge in [-0.3, -0.25) is 0 Å². The molecule has 2 heterocycles. The van der Waals surface area contributed by atoms with E-state index in [0.717, 1.165) is 0 Å². The first-order valence-electron chi connectivity index (χ1n) is 7.15. The fourth-order valence-electron chi connectivity index (χ4n) is 2.50. The van der Waals surface area contributed by atoms with Gasteiger partial charge in [0.15, 0.2) is 12.6 Å². The van der Waals surface area contributed by atoms with Gasteiger partial charge in [0, 0.05) is 0 Å². The van der Waals surface area contributed by atoms with Crippen LogP contribution in [0.1, 0.15) is 0 Å². The Morgan fingerprint density at radius 2 is 1.39 bits per heavy atom. The van der Waals surface area contributed by atoms with Crippen molar-refractivity contribution in [1.29, 1.82) is 0 Å². The molecule has 9 N–H and O–H groups in total. The standard InChI is InChI=1S/C12H23NO10/c13-5-8(17)7(16)4(22-11(5)20)2-21-12-10(19)9(18)6(15)3(1-14)23-12/h3-12,14-20H,1-2,13H2/t3-,4-,5-,6+,7-,8-,9+,10-,11-,12+/m1/s1. The molecule has 0 aliphatic carbocycles. The Bertz CT molecular complexity index is 385. The van der Waals surface area contributed by atoms with E-state index in [1.165, 1.54) is 0 Å². The third kappa shape index (κ3) is 3.81. The lowest BCUT2D eigenvalue weighted by Gasteiger charge is -2.42. The van der Waals surface area contributed by atoms with Gasteiger partial charge in [0.05, 0.1) is 19.3 Å². The second-order valence-electron chi connectivity index (χ2n) is 5.65. The molecule has 23 heavy (non-hydrogen) atoms. The molecular weight excluding hydrogens is 318 g/mol. The maximum absolute atomic E-state index is 9.83. The summed E-state index contributed by atoms with van der Waals surface area (Å²) in [5.41, 5.74) is 5.43. The minimum absolute atomic E-state index is 0.412. The molecule has 0 aromatic rings. The van der Waals surface area contributed by atoms with Gasteiger partial charge in [0.1, 0.15) is 42.7 Å². The van der Waals surface area contributed by atoms with Crippen molar-refractivity contribution in [3.63, 3.8) is 0 Å². The molecule has 0 aromatic carbocycles. The molecular formula is C12H23NO10. The average molecular weight is 341 g/mol. The zero-order chi connectivity index (χ0) is 17.3. The van der Waals surface area contributed by atoms with Crippen molar-refractivity contribution in [1.82, 2.24) is 0 Å². The van der Waals surface area contributed by atoms with Gasteiger partial charge < -0.3 is 55.7 Å². The Labute approximate surface area is 131 Å². The van der Waals surface area contributed by atoms with Gasteiger partial charge in [-0.2, -0.15) is 0 Å². The highest BCUT2D eigenvalue weighted by molar-refractivity contribution is 4.92. The Hall–Kier alpha value is -0.440. The first-order chi connectivity index (χ1) is 10.8. The number of ether oxygens (including phenoxy) is 3. The van der Waals surface area contributed by atoms with Gasteiger partial charge in [-0.15, -0.1) is 0 Å². The predicted octanol–water partition coefficient (Wildman–Crippen LogP) is -5.43. The maximum atomic E-state index is 9.83. The fraction of sp³-hybridized carbons (Fsp3) is 1.00. The molecule has 2 fully saturated rings. The molecule has 0 radical (unpaired) electrons. The van der Waals surface area contributed by atoms with Crippen LogP contribution < -0.4 is 5.73 Å². The van der Waals surface area contributed by atoms with Crippen molar-refractivity contribution in [3.05, 3.63) is 0 Å². The first kappa shape index (κ1) is 18.9. The normalized spacial score (nSPS) is 51.7. The maximum Gasteiger partial charge on any atom is 0.186 e. The van der Waals surface area contributed by atoms with Crippen LogP contribution in [0.3, 0.4) is 0 Å². The van der Waals surface area contributed by atoms with E-state index in [2.05, 4.69) is 0 Å². The van der Waals surface area contributed by atoms with E-state index < -0.39 is 74.6 Å². The molecule has 2 rings (SSSR count). The van der Waals surface area contributed by atoms with E-state index in [9.17, 15) is 30.6 Å². The molecule has 0 amide bonds. The van der Waals surface area contributed by atoms with E-state index in [-0.39, 0.29) is 0 Å². The van der Waals surface area contributed by atoms with Crippen LogP contribution >= 0.6 is 0 Å². The summed E-state index contributed by atoms with van der Waals surface area (Å²) >= 11 is 0. The van der Waals surface area contributed by atoms with Crippen molar-refractivity contribution in [2.45, 2.75) is 61.3 Å². The Kier molecular flexibility index (Phi) is 6.27. The summed E-state index contributed by atoms with van der Waals surface area (Å²) < 4.78 is 15.3. The lowest BCUT2D eigenvalue weighted by atomic mass is 9.97. The number of nitrogens with two attached hydrogens (primary N) is 1. The van der Waals surface area contributed by atoms with Gasteiger partial charge in [0.25, 0.3) is 0 Å².